The maximum atomic E-state index is 12.6. The van der Waals surface area contributed by atoms with Crippen LogP contribution in [0.2, 0.25) is 0 Å². The molecule has 0 atom stereocenters. The number of hydrogen-bond acceptors (Lipinski definition) is 3. The fourth-order valence-electron chi connectivity index (χ4n) is 0.921. The minimum atomic E-state index is -2.69. The van der Waals surface area contributed by atoms with Crippen LogP contribution in [0.1, 0.15) is 22.3 Å². The molecule has 0 N–H and O–H groups in total. The van der Waals surface area contributed by atoms with E-state index in [1.165, 1.54) is 13.3 Å². The molecule has 15 heavy (non-hydrogen) atoms. The minimum Gasteiger partial charge on any atom is -0.465 e. The normalized spacial score (nSPS) is 10.5. The van der Waals surface area contributed by atoms with Gasteiger partial charge in [-0.25, -0.2) is 18.6 Å². The quantitative estimate of drug-likeness (QED) is 0.441. The Kier molecular flexibility index (Phi) is 4.38. The number of pyridine rings is 1. The third kappa shape index (κ3) is 2.63. The van der Waals surface area contributed by atoms with Crippen molar-refractivity contribution in [1.29, 1.82) is 0 Å². The average molecular weight is 392 g/mol. The molecule has 0 spiro atoms. The zero-order valence-corrected chi connectivity index (χ0v) is 11.2. The standard InChI is InChI=1S/C8H5BrF2INO2/c1-15-8(14)3-2-13-7(12)4(5(3)9)6(10)11/h2,6H,1H3. The van der Waals surface area contributed by atoms with Gasteiger partial charge in [0, 0.05) is 10.7 Å². The second-order valence-electron chi connectivity index (χ2n) is 2.48. The first-order valence-corrected chi connectivity index (χ1v) is 5.56. The van der Waals surface area contributed by atoms with Gasteiger partial charge in [0.15, 0.2) is 0 Å². The third-order valence-corrected chi connectivity index (χ3v) is 3.34. The SMILES string of the molecule is COC(=O)c1cnc(I)c(C(F)F)c1Br. The molecule has 0 saturated heterocycles. The summed E-state index contributed by atoms with van der Waals surface area (Å²) < 4.78 is 29.8. The Hall–Kier alpha value is -0.310. The highest BCUT2D eigenvalue weighted by Gasteiger charge is 2.22. The Labute approximate surface area is 106 Å². The molecule has 1 rings (SSSR count). The molecule has 0 saturated carbocycles. The summed E-state index contributed by atoms with van der Waals surface area (Å²) in [5, 5.41) is 0. The van der Waals surface area contributed by atoms with Crippen molar-refractivity contribution in [3.05, 3.63) is 25.5 Å². The smallest absolute Gasteiger partial charge is 0.340 e. The fraction of sp³-hybridized carbons (Fsp3) is 0.250. The molecule has 7 heteroatoms. The molecule has 0 bridgehead atoms. The van der Waals surface area contributed by atoms with E-state index in [-0.39, 0.29) is 19.3 Å². The van der Waals surface area contributed by atoms with Gasteiger partial charge in [0.05, 0.1) is 18.2 Å². The van der Waals surface area contributed by atoms with Crippen LogP contribution in [-0.2, 0) is 4.74 Å². The van der Waals surface area contributed by atoms with Gasteiger partial charge in [-0.1, -0.05) is 0 Å². The van der Waals surface area contributed by atoms with Crippen molar-refractivity contribution in [3.8, 4) is 0 Å². The van der Waals surface area contributed by atoms with Gasteiger partial charge in [0.1, 0.15) is 3.70 Å². The Morgan fingerprint density at radius 1 is 1.67 bits per heavy atom. The van der Waals surface area contributed by atoms with E-state index in [9.17, 15) is 13.6 Å². The first-order chi connectivity index (χ1) is 6.99. The first kappa shape index (κ1) is 12.8. The van der Waals surface area contributed by atoms with Gasteiger partial charge < -0.3 is 4.74 Å². The van der Waals surface area contributed by atoms with Gasteiger partial charge in [-0.05, 0) is 38.5 Å². The lowest BCUT2D eigenvalue weighted by Crippen LogP contribution is -2.07. The number of methoxy groups -OCH3 is 1. The van der Waals surface area contributed by atoms with Gasteiger partial charge in [0.25, 0.3) is 6.43 Å². The van der Waals surface area contributed by atoms with Crippen LogP contribution in [-0.4, -0.2) is 18.1 Å². The number of carbonyl (C=O) groups excluding carboxylic acids is 1. The van der Waals surface area contributed by atoms with E-state index >= 15 is 0 Å². The number of nitrogens with zero attached hydrogens (tertiary/aromatic N) is 1. The van der Waals surface area contributed by atoms with E-state index in [0.29, 0.717) is 0 Å². The molecule has 0 aliphatic rings. The van der Waals surface area contributed by atoms with Crippen molar-refractivity contribution >= 4 is 44.5 Å². The van der Waals surface area contributed by atoms with E-state index < -0.39 is 12.4 Å². The van der Waals surface area contributed by atoms with Crippen molar-refractivity contribution in [2.45, 2.75) is 6.43 Å². The summed E-state index contributed by atoms with van der Waals surface area (Å²) >= 11 is 4.63. The Morgan fingerprint density at radius 2 is 2.27 bits per heavy atom. The number of ether oxygens (including phenoxy) is 1. The molecule has 0 unspecified atom stereocenters. The monoisotopic (exact) mass is 391 g/mol. The van der Waals surface area contributed by atoms with E-state index in [4.69, 9.17) is 0 Å². The lowest BCUT2D eigenvalue weighted by molar-refractivity contribution is 0.0598. The highest BCUT2D eigenvalue weighted by atomic mass is 127. The molecule has 0 aliphatic carbocycles. The molecule has 0 aromatic carbocycles. The van der Waals surface area contributed by atoms with Gasteiger partial charge in [-0.3, -0.25) is 0 Å². The predicted octanol–water partition coefficient (Wildman–Crippen LogP) is 3.17. The molecule has 82 valence electrons. The summed E-state index contributed by atoms with van der Waals surface area (Å²) in [7, 11) is 1.18. The summed E-state index contributed by atoms with van der Waals surface area (Å²) in [4.78, 5) is 14.9. The number of aromatic nitrogens is 1. The third-order valence-electron chi connectivity index (χ3n) is 1.63. The average Bonchev–Trinajstić information content (AvgIpc) is 2.16. The molecule has 0 amide bonds. The van der Waals surface area contributed by atoms with Crippen LogP contribution >= 0.6 is 38.5 Å². The second-order valence-corrected chi connectivity index (χ2v) is 4.30. The second kappa shape index (κ2) is 5.15. The molecular formula is C8H5BrF2INO2. The summed E-state index contributed by atoms with van der Waals surface area (Å²) in [6.07, 6.45) is -1.49. The van der Waals surface area contributed by atoms with Crippen molar-refractivity contribution < 1.29 is 18.3 Å². The molecule has 1 aromatic heterocycles. The van der Waals surface area contributed by atoms with Crippen LogP contribution in [0.5, 0.6) is 0 Å². The van der Waals surface area contributed by atoms with Crippen molar-refractivity contribution in [2.75, 3.05) is 7.11 Å². The summed E-state index contributed by atoms with van der Waals surface area (Å²) in [5.41, 5.74) is -0.299. The predicted molar refractivity (Wildman–Crippen MR) is 61.0 cm³/mol. The van der Waals surface area contributed by atoms with Crippen LogP contribution < -0.4 is 0 Å². The topological polar surface area (TPSA) is 39.2 Å². The number of alkyl halides is 2. The Morgan fingerprint density at radius 3 is 2.73 bits per heavy atom. The number of esters is 1. The van der Waals surface area contributed by atoms with E-state index in [1.807, 2.05) is 0 Å². The van der Waals surface area contributed by atoms with E-state index in [2.05, 4.69) is 25.7 Å². The van der Waals surface area contributed by atoms with Crippen LogP contribution in [0.15, 0.2) is 10.7 Å². The van der Waals surface area contributed by atoms with Crippen molar-refractivity contribution in [2.24, 2.45) is 0 Å². The molecule has 0 radical (unpaired) electrons. The maximum Gasteiger partial charge on any atom is 0.340 e. The zero-order chi connectivity index (χ0) is 11.6. The summed E-state index contributed by atoms with van der Waals surface area (Å²) in [6, 6.07) is 0. The number of carbonyl (C=O) groups is 1. The summed E-state index contributed by atoms with van der Waals surface area (Å²) in [5.74, 6) is -0.701. The lowest BCUT2D eigenvalue weighted by atomic mass is 10.2. The van der Waals surface area contributed by atoms with Crippen molar-refractivity contribution in [1.82, 2.24) is 4.98 Å². The van der Waals surface area contributed by atoms with E-state index in [0.717, 1.165) is 0 Å². The largest absolute Gasteiger partial charge is 0.465 e. The first-order valence-electron chi connectivity index (χ1n) is 3.69. The molecule has 3 nitrogen and oxygen atoms in total. The Bertz CT molecular complexity index is 400. The lowest BCUT2D eigenvalue weighted by Gasteiger charge is -2.08. The molecule has 0 fully saturated rings. The van der Waals surface area contributed by atoms with Crippen LogP contribution in [0.3, 0.4) is 0 Å². The van der Waals surface area contributed by atoms with Gasteiger partial charge in [-0.2, -0.15) is 0 Å². The number of halogens is 4. The minimum absolute atomic E-state index is 0.00628. The number of hydrogen-bond donors (Lipinski definition) is 0. The van der Waals surface area contributed by atoms with Gasteiger partial charge >= 0.3 is 5.97 Å². The fourth-order valence-corrected chi connectivity index (χ4v) is 2.56. The molecular weight excluding hydrogens is 387 g/mol. The summed E-state index contributed by atoms with van der Waals surface area (Å²) in [6.45, 7) is 0. The van der Waals surface area contributed by atoms with Crippen molar-refractivity contribution in [3.63, 3.8) is 0 Å². The van der Waals surface area contributed by atoms with Gasteiger partial charge in [-0.15, -0.1) is 0 Å². The van der Waals surface area contributed by atoms with E-state index in [1.54, 1.807) is 22.6 Å². The number of rotatable bonds is 2. The van der Waals surface area contributed by atoms with Crippen LogP contribution in [0.25, 0.3) is 0 Å². The van der Waals surface area contributed by atoms with Crippen LogP contribution in [0.4, 0.5) is 8.78 Å². The maximum absolute atomic E-state index is 12.6. The molecule has 1 aromatic rings. The highest BCUT2D eigenvalue weighted by Crippen LogP contribution is 2.32. The van der Waals surface area contributed by atoms with Crippen LogP contribution in [0, 0.1) is 3.70 Å². The molecule has 1 heterocycles. The Balaban J connectivity index is 3.35. The molecule has 0 aliphatic heterocycles. The van der Waals surface area contributed by atoms with Gasteiger partial charge in [0.2, 0.25) is 0 Å². The highest BCUT2D eigenvalue weighted by molar-refractivity contribution is 14.1. The zero-order valence-electron chi connectivity index (χ0n) is 7.43.